The molecule has 1 aliphatic rings. The van der Waals surface area contributed by atoms with Gasteiger partial charge in [-0.15, -0.1) is 0 Å². The van der Waals surface area contributed by atoms with E-state index in [0.717, 1.165) is 16.8 Å². The zero-order valence-corrected chi connectivity index (χ0v) is 16.8. The predicted octanol–water partition coefficient (Wildman–Crippen LogP) is 5.13. The molecule has 29 heavy (non-hydrogen) atoms. The molecule has 0 N–H and O–H groups in total. The van der Waals surface area contributed by atoms with Crippen molar-refractivity contribution < 1.29 is 9.13 Å². The number of allylic oxidation sites excluding steroid dienone is 1. The Kier molecular flexibility index (Phi) is 5.71. The van der Waals surface area contributed by atoms with Crippen LogP contribution in [0.15, 0.2) is 88.8 Å². The molecule has 1 aromatic heterocycles. The number of hydrogen-bond acceptors (Lipinski definition) is 4. The van der Waals surface area contributed by atoms with Crippen LogP contribution in [-0.4, -0.2) is 9.47 Å². The number of hydrogen-bond donors (Lipinski definition) is 0. The summed E-state index contributed by atoms with van der Waals surface area (Å²) in [6.45, 7) is 3.03. The second-order valence-electron chi connectivity index (χ2n) is 6.86. The Balaban J connectivity index is 1.49. The van der Waals surface area contributed by atoms with Crippen molar-refractivity contribution in [3.63, 3.8) is 0 Å². The lowest BCUT2D eigenvalue weighted by molar-refractivity contribution is 0.262. The molecule has 0 bridgehead atoms. The lowest BCUT2D eigenvalue weighted by atomic mass is 10.2. The molecule has 4 nitrogen and oxygen atoms in total. The summed E-state index contributed by atoms with van der Waals surface area (Å²) < 4.78 is 20.6. The monoisotopic (exact) mass is 408 g/mol. The number of nitrogens with zero attached hydrogens (tertiary/aromatic N) is 2. The van der Waals surface area contributed by atoms with Crippen molar-refractivity contribution in [2.24, 2.45) is 0 Å². The minimum Gasteiger partial charge on any atom is -0.489 e. The van der Waals surface area contributed by atoms with Gasteiger partial charge in [0.1, 0.15) is 18.2 Å². The van der Waals surface area contributed by atoms with Gasteiger partial charge in [-0.25, -0.2) is 4.39 Å². The molecule has 2 heterocycles. The molecule has 1 aliphatic heterocycles. The van der Waals surface area contributed by atoms with Gasteiger partial charge in [0.2, 0.25) is 0 Å². The Morgan fingerprint density at radius 3 is 2.52 bits per heavy atom. The smallest absolute Gasteiger partial charge is 0.256 e. The highest BCUT2D eigenvalue weighted by molar-refractivity contribution is 8.02. The molecule has 2 aromatic carbocycles. The van der Waals surface area contributed by atoms with Gasteiger partial charge in [0.25, 0.3) is 5.56 Å². The zero-order chi connectivity index (χ0) is 20.2. The summed E-state index contributed by atoms with van der Waals surface area (Å²) in [6, 6.07) is 19.6. The fourth-order valence-electron chi connectivity index (χ4n) is 3.16. The molecule has 0 saturated heterocycles. The van der Waals surface area contributed by atoms with E-state index in [9.17, 15) is 9.18 Å². The number of benzene rings is 2. The van der Waals surface area contributed by atoms with Crippen molar-refractivity contribution in [1.82, 2.24) is 9.47 Å². The summed E-state index contributed by atoms with van der Waals surface area (Å²) in [5.74, 6) is 0.295. The van der Waals surface area contributed by atoms with Gasteiger partial charge in [-0.3, -0.25) is 9.36 Å². The van der Waals surface area contributed by atoms with Crippen LogP contribution in [-0.2, 0) is 13.2 Å². The Bertz CT molecular complexity index is 1060. The highest BCUT2D eigenvalue weighted by atomic mass is 32.2. The van der Waals surface area contributed by atoms with Crippen LogP contribution in [0.25, 0.3) is 0 Å². The first-order valence-electron chi connectivity index (χ1n) is 9.32. The first-order valence-corrected chi connectivity index (χ1v) is 10.3. The zero-order valence-electron chi connectivity index (χ0n) is 16.0. The van der Waals surface area contributed by atoms with Crippen LogP contribution in [0.3, 0.4) is 0 Å². The topological polar surface area (TPSA) is 34.5 Å². The lowest BCUT2D eigenvalue weighted by Crippen LogP contribution is -2.32. The van der Waals surface area contributed by atoms with E-state index in [2.05, 4.69) is 4.90 Å². The average Bonchev–Trinajstić information content (AvgIpc) is 3.09. The van der Waals surface area contributed by atoms with Crippen LogP contribution >= 0.6 is 11.8 Å². The predicted molar refractivity (Wildman–Crippen MR) is 114 cm³/mol. The van der Waals surface area contributed by atoms with Crippen LogP contribution in [0.5, 0.6) is 5.75 Å². The largest absolute Gasteiger partial charge is 0.489 e. The summed E-state index contributed by atoms with van der Waals surface area (Å²) in [6.07, 6.45) is 1.77. The second-order valence-corrected chi connectivity index (χ2v) is 7.79. The molecule has 1 atom stereocenters. The summed E-state index contributed by atoms with van der Waals surface area (Å²) in [4.78, 5) is 14.9. The molecule has 4 rings (SSSR count). The highest BCUT2D eigenvalue weighted by Gasteiger charge is 2.26. The molecule has 0 saturated carbocycles. The molecule has 1 unspecified atom stereocenters. The molecule has 6 heteroatoms. The van der Waals surface area contributed by atoms with Gasteiger partial charge in [0.15, 0.2) is 5.50 Å². The maximum atomic E-state index is 13.2. The van der Waals surface area contributed by atoms with Crippen LogP contribution in [0.1, 0.15) is 23.5 Å². The Morgan fingerprint density at radius 2 is 1.79 bits per heavy atom. The van der Waals surface area contributed by atoms with E-state index in [1.165, 1.54) is 18.2 Å². The minimum atomic E-state index is -0.254. The molecular formula is C23H21FN2O2S. The van der Waals surface area contributed by atoms with Gasteiger partial charge < -0.3 is 9.64 Å². The number of pyridine rings is 1. The molecule has 0 radical (unpaired) electrons. The molecule has 3 aromatic rings. The standard InChI is InChI=1S/C23H21FN2O2S/c1-17-16-29-23(26(17)14-18-7-9-20(24)10-8-18)25-12-11-21(13-22(25)27)28-15-19-5-3-2-4-6-19/h2-13,16,23H,14-15H2,1H3. The molecule has 0 aliphatic carbocycles. The fraction of sp³-hybridized carbons (Fsp3) is 0.174. The van der Waals surface area contributed by atoms with Crippen molar-refractivity contribution in [3.05, 3.63) is 111 Å². The minimum absolute atomic E-state index is 0.125. The Morgan fingerprint density at radius 1 is 1.03 bits per heavy atom. The van der Waals surface area contributed by atoms with E-state index in [1.54, 1.807) is 34.7 Å². The van der Waals surface area contributed by atoms with Crippen molar-refractivity contribution in [2.45, 2.75) is 25.6 Å². The van der Waals surface area contributed by atoms with E-state index in [0.29, 0.717) is 18.9 Å². The normalized spacial score (nSPS) is 16.0. The number of halogens is 1. The van der Waals surface area contributed by atoms with Crippen LogP contribution in [0, 0.1) is 5.82 Å². The number of thioether (sulfide) groups is 1. The van der Waals surface area contributed by atoms with Gasteiger partial charge in [0.05, 0.1) is 0 Å². The van der Waals surface area contributed by atoms with Crippen molar-refractivity contribution >= 4 is 11.8 Å². The van der Waals surface area contributed by atoms with E-state index in [4.69, 9.17) is 4.74 Å². The summed E-state index contributed by atoms with van der Waals surface area (Å²) in [7, 11) is 0. The highest BCUT2D eigenvalue weighted by Crippen LogP contribution is 2.39. The molecule has 0 spiro atoms. The molecule has 0 fully saturated rings. The molecule has 0 amide bonds. The summed E-state index contributed by atoms with van der Waals surface area (Å²) in [5.41, 5.74) is 2.80. The van der Waals surface area contributed by atoms with Gasteiger partial charge in [-0.2, -0.15) is 0 Å². The number of aromatic nitrogens is 1. The summed E-state index contributed by atoms with van der Waals surface area (Å²) in [5, 5.41) is 2.04. The van der Waals surface area contributed by atoms with Gasteiger partial charge in [-0.1, -0.05) is 54.2 Å². The van der Waals surface area contributed by atoms with Crippen molar-refractivity contribution in [3.8, 4) is 5.75 Å². The van der Waals surface area contributed by atoms with Crippen LogP contribution in [0.2, 0.25) is 0 Å². The van der Waals surface area contributed by atoms with Crippen molar-refractivity contribution in [2.75, 3.05) is 0 Å². The van der Waals surface area contributed by atoms with E-state index >= 15 is 0 Å². The maximum absolute atomic E-state index is 13.2. The van der Waals surface area contributed by atoms with E-state index < -0.39 is 0 Å². The van der Waals surface area contributed by atoms with Gasteiger partial charge in [-0.05, 0) is 41.7 Å². The fourth-order valence-corrected chi connectivity index (χ4v) is 4.31. The third kappa shape index (κ3) is 4.54. The van der Waals surface area contributed by atoms with Gasteiger partial charge >= 0.3 is 0 Å². The van der Waals surface area contributed by atoms with E-state index in [1.807, 2.05) is 48.7 Å². The molecular weight excluding hydrogens is 387 g/mol. The third-order valence-corrected chi connectivity index (χ3v) is 5.95. The lowest BCUT2D eigenvalue weighted by Gasteiger charge is -2.29. The second kappa shape index (κ2) is 8.57. The quantitative estimate of drug-likeness (QED) is 0.566. The first kappa shape index (κ1) is 19.3. The van der Waals surface area contributed by atoms with Crippen molar-refractivity contribution in [1.29, 1.82) is 0 Å². The number of rotatable bonds is 6. The van der Waals surface area contributed by atoms with Crippen LogP contribution in [0.4, 0.5) is 4.39 Å². The van der Waals surface area contributed by atoms with E-state index in [-0.39, 0.29) is 16.9 Å². The maximum Gasteiger partial charge on any atom is 0.256 e. The SMILES string of the molecule is CC1=CSC(n2ccc(OCc3ccccc3)cc2=O)N1Cc1ccc(F)cc1. The van der Waals surface area contributed by atoms with Gasteiger partial charge in [0, 0.05) is 24.5 Å². The average molecular weight is 408 g/mol. The third-order valence-electron chi connectivity index (χ3n) is 4.75. The number of ether oxygens (including phenoxy) is 1. The Hall–Kier alpha value is -2.99. The first-order chi connectivity index (χ1) is 14.1. The Labute approximate surface area is 173 Å². The van der Waals surface area contributed by atoms with Crippen LogP contribution < -0.4 is 10.3 Å². The summed E-state index contributed by atoms with van der Waals surface area (Å²) >= 11 is 1.58. The molecule has 148 valence electrons.